The van der Waals surface area contributed by atoms with E-state index in [-0.39, 0.29) is 0 Å². The molecule has 6 rings (SSSR count). The lowest BCUT2D eigenvalue weighted by molar-refractivity contribution is 0.669. The Kier molecular flexibility index (Phi) is 2.78. The van der Waals surface area contributed by atoms with E-state index < -0.39 is 0 Å². The van der Waals surface area contributed by atoms with Crippen LogP contribution in [0.25, 0.3) is 54.3 Å². The first-order valence-corrected chi connectivity index (χ1v) is 9.04. The highest BCUT2D eigenvalue weighted by Crippen LogP contribution is 2.40. The third kappa shape index (κ3) is 1.87. The van der Waals surface area contributed by atoms with Crippen LogP contribution in [-0.4, -0.2) is 6.21 Å². The Morgan fingerprint density at radius 3 is 1.78 bits per heavy atom. The number of nitrogens with one attached hydrogen (secondary N) is 1. The second kappa shape index (κ2) is 5.18. The molecular weight excluding hydrogens is 330 g/mol. The number of fused-ring (bicyclic) bond motifs is 9. The molecule has 126 valence electrons. The van der Waals surface area contributed by atoms with Gasteiger partial charge in [-0.1, -0.05) is 60.7 Å². The lowest BCUT2D eigenvalue weighted by atomic mass is 9.93. The minimum atomic E-state index is 0.829. The number of furan rings is 1. The summed E-state index contributed by atoms with van der Waals surface area (Å²) in [6.45, 7) is 0. The van der Waals surface area contributed by atoms with Crippen LogP contribution in [0, 0.1) is 5.41 Å². The molecule has 0 atom stereocenters. The first kappa shape index (κ1) is 14.5. The molecule has 0 aliphatic rings. The molecule has 0 bridgehead atoms. The third-order valence-electron chi connectivity index (χ3n) is 5.55. The van der Waals surface area contributed by atoms with Crippen LogP contribution in [0.3, 0.4) is 0 Å². The summed E-state index contributed by atoms with van der Waals surface area (Å²) >= 11 is 0. The van der Waals surface area contributed by atoms with Crippen LogP contribution in [0.1, 0.15) is 5.56 Å². The zero-order chi connectivity index (χ0) is 18.0. The lowest BCUT2D eigenvalue weighted by Crippen LogP contribution is -1.84. The molecule has 1 aromatic heterocycles. The van der Waals surface area contributed by atoms with Crippen LogP contribution >= 0.6 is 0 Å². The highest BCUT2D eigenvalue weighted by atomic mass is 16.3. The van der Waals surface area contributed by atoms with Crippen molar-refractivity contribution in [3.05, 3.63) is 84.4 Å². The van der Waals surface area contributed by atoms with Crippen molar-refractivity contribution in [2.45, 2.75) is 0 Å². The fraction of sp³-hybridized carbons (Fsp3) is 0. The second-order valence-electron chi connectivity index (χ2n) is 6.95. The summed E-state index contributed by atoms with van der Waals surface area (Å²) in [4.78, 5) is 0. The van der Waals surface area contributed by atoms with E-state index >= 15 is 0 Å². The van der Waals surface area contributed by atoms with E-state index in [1.807, 2.05) is 18.2 Å². The van der Waals surface area contributed by atoms with E-state index in [9.17, 15) is 0 Å². The van der Waals surface area contributed by atoms with Crippen molar-refractivity contribution in [2.75, 3.05) is 0 Å². The molecule has 1 heterocycles. The summed E-state index contributed by atoms with van der Waals surface area (Å²) in [6, 6.07) is 27.4. The number of hydrogen-bond donors (Lipinski definition) is 1. The predicted molar refractivity (Wildman–Crippen MR) is 114 cm³/mol. The van der Waals surface area contributed by atoms with E-state index in [2.05, 4.69) is 60.7 Å². The van der Waals surface area contributed by atoms with Gasteiger partial charge in [-0.3, -0.25) is 0 Å². The van der Waals surface area contributed by atoms with Crippen molar-refractivity contribution < 1.29 is 4.42 Å². The van der Waals surface area contributed by atoms with Crippen molar-refractivity contribution in [1.82, 2.24) is 0 Å². The highest BCUT2D eigenvalue weighted by Gasteiger charge is 2.14. The van der Waals surface area contributed by atoms with Gasteiger partial charge in [0.25, 0.3) is 0 Å². The summed E-state index contributed by atoms with van der Waals surface area (Å²) in [5.74, 6) is 0. The van der Waals surface area contributed by atoms with E-state index in [0.717, 1.165) is 27.5 Å². The van der Waals surface area contributed by atoms with Crippen molar-refractivity contribution >= 4 is 60.5 Å². The molecule has 27 heavy (non-hydrogen) atoms. The number of benzene rings is 5. The monoisotopic (exact) mass is 345 g/mol. The highest BCUT2D eigenvalue weighted by molar-refractivity contribution is 6.28. The maximum atomic E-state index is 7.78. The van der Waals surface area contributed by atoms with Gasteiger partial charge in [0.1, 0.15) is 11.2 Å². The zero-order valence-corrected chi connectivity index (χ0v) is 14.5. The van der Waals surface area contributed by atoms with Crippen molar-refractivity contribution in [3.63, 3.8) is 0 Å². The molecule has 0 aliphatic carbocycles. The first-order valence-electron chi connectivity index (χ1n) is 9.04. The molecule has 1 N–H and O–H groups in total. The quantitative estimate of drug-likeness (QED) is 0.252. The van der Waals surface area contributed by atoms with Gasteiger partial charge in [-0.05, 0) is 50.5 Å². The molecule has 2 heteroatoms. The normalized spacial score (nSPS) is 11.9. The van der Waals surface area contributed by atoms with Crippen LogP contribution in [-0.2, 0) is 0 Å². The summed E-state index contributed by atoms with van der Waals surface area (Å²) < 4.78 is 6.16. The summed E-state index contributed by atoms with van der Waals surface area (Å²) in [6.07, 6.45) is 1.40. The fourth-order valence-electron chi connectivity index (χ4n) is 4.37. The molecule has 6 aromatic rings. The molecule has 5 aromatic carbocycles. The average molecular weight is 345 g/mol. The third-order valence-corrected chi connectivity index (χ3v) is 5.55. The van der Waals surface area contributed by atoms with E-state index in [0.29, 0.717) is 0 Å². The smallest absolute Gasteiger partial charge is 0.136 e. The molecule has 0 saturated heterocycles. The van der Waals surface area contributed by atoms with Gasteiger partial charge in [-0.25, -0.2) is 0 Å². The van der Waals surface area contributed by atoms with Gasteiger partial charge >= 0.3 is 0 Å². The van der Waals surface area contributed by atoms with Gasteiger partial charge in [-0.15, -0.1) is 0 Å². The van der Waals surface area contributed by atoms with Crippen molar-refractivity contribution in [2.24, 2.45) is 0 Å². The molecule has 0 aliphatic heterocycles. The van der Waals surface area contributed by atoms with Gasteiger partial charge < -0.3 is 9.83 Å². The van der Waals surface area contributed by atoms with Crippen molar-refractivity contribution in [1.29, 1.82) is 5.41 Å². The Labute approximate surface area is 155 Å². The molecule has 0 spiro atoms. The Morgan fingerprint density at radius 1 is 0.556 bits per heavy atom. The van der Waals surface area contributed by atoms with Crippen LogP contribution in [0.15, 0.2) is 83.3 Å². The first-order chi connectivity index (χ1) is 13.3. The van der Waals surface area contributed by atoms with E-state index in [1.54, 1.807) is 0 Å². The average Bonchev–Trinajstić information content (AvgIpc) is 3.10. The zero-order valence-electron chi connectivity index (χ0n) is 14.5. The minimum absolute atomic E-state index is 0.829. The predicted octanol–water partition coefficient (Wildman–Crippen LogP) is 7.04. The van der Waals surface area contributed by atoms with Gasteiger partial charge in [0, 0.05) is 22.6 Å². The van der Waals surface area contributed by atoms with Crippen molar-refractivity contribution in [3.8, 4) is 0 Å². The van der Waals surface area contributed by atoms with Gasteiger partial charge in [0.05, 0.1) is 0 Å². The second-order valence-corrected chi connectivity index (χ2v) is 6.95. The minimum Gasteiger partial charge on any atom is -0.456 e. The maximum absolute atomic E-state index is 7.78. The number of hydrogen-bond acceptors (Lipinski definition) is 2. The maximum Gasteiger partial charge on any atom is 0.136 e. The molecule has 2 nitrogen and oxygen atoms in total. The summed E-state index contributed by atoms with van der Waals surface area (Å²) in [7, 11) is 0. The largest absolute Gasteiger partial charge is 0.456 e. The topological polar surface area (TPSA) is 37.0 Å². The molecule has 0 amide bonds. The van der Waals surface area contributed by atoms with Gasteiger partial charge in [0.2, 0.25) is 0 Å². The Bertz CT molecular complexity index is 1540. The summed E-state index contributed by atoms with van der Waals surface area (Å²) in [5.41, 5.74) is 2.58. The molecule has 0 fully saturated rings. The van der Waals surface area contributed by atoms with Crippen LogP contribution in [0.4, 0.5) is 0 Å². The molecular formula is C25H15NO. The van der Waals surface area contributed by atoms with E-state index in [1.165, 1.54) is 38.5 Å². The standard InChI is InChI=1S/C25H15NO/c26-14-15-6-5-11-23-25(15)22-12-20-18-9-3-1-7-16(18)17-8-2-4-10-19(17)21(20)13-24(22)27-23/h1-14,26H. The number of rotatable bonds is 1. The van der Waals surface area contributed by atoms with E-state index in [4.69, 9.17) is 9.83 Å². The Balaban J connectivity index is 1.94. The fourth-order valence-corrected chi connectivity index (χ4v) is 4.37. The Morgan fingerprint density at radius 2 is 1.15 bits per heavy atom. The molecule has 0 saturated carbocycles. The SMILES string of the molecule is N=Cc1cccc2oc3cc4c5ccccc5c5ccccc5c4cc3c12. The van der Waals surface area contributed by atoms with Crippen LogP contribution in [0.5, 0.6) is 0 Å². The Hall–Kier alpha value is -3.65. The summed E-state index contributed by atoms with van der Waals surface area (Å²) in [5, 5.41) is 17.3. The van der Waals surface area contributed by atoms with Gasteiger partial charge in [-0.2, -0.15) is 0 Å². The molecule has 0 radical (unpaired) electrons. The lowest BCUT2D eigenvalue weighted by Gasteiger charge is -2.10. The van der Waals surface area contributed by atoms with Crippen LogP contribution < -0.4 is 0 Å². The molecule has 0 unspecified atom stereocenters. The van der Waals surface area contributed by atoms with Crippen LogP contribution in [0.2, 0.25) is 0 Å². The van der Waals surface area contributed by atoms with Gasteiger partial charge in [0.15, 0.2) is 0 Å².